The molecule has 3 aromatic rings. The summed E-state index contributed by atoms with van der Waals surface area (Å²) in [5.41, 5.74) is 1.79. The van der Waals surface area contributed by atoms with Gasteiger partial charge in [-0.15, -0.1) is 0 Å². The van der Waals surface area contributed by atoms with Crippen LogP contribution in [0.15, 0.2) is 48.7 Å². The second-order valence-electron chi connectivity index (χ2n) is 7.02. The largest absolute Gasteiger partial charge is 0.477 e. The van der Waals surface area contributed by atoms with Crippen molar-refractivity contribution in [2.24, 2.45) is 0 Å². The van der Waals surface area contributed by atoms with Gasteiger partial charge in [-0.25, -0.2) is 18.2 Å². The number of aromatic nitrogens is 2. The van der Waals surface area contributed by atoms with Crippen LogP contribution in [-0.4, -0.2) is 34.2 Å². The van der Waals surface area contributed by atoms with Gasteiger partial charge in [0.25, 0.3) is 0 Å². The SMILES string of the molecule is CC(C)(C)S(=O)(=O)Nc1cc(C(=O)O)nc2ccc(-c3ccccn3)cc12. The molecule has 3 rings (SSSR count). The van der Waals surface area contributed by atoms with E-state index < -0.39 is 20.7 Å². The number of carboxylic acid groups (broad SMARTS) is 1. The number of benzene rings is 1. The van der Waals surface area contributed by atoms with Gasteiger partial charge in [0.1, 0.15) is 0 Å². The number of anilines is 1. The average Bonchev–Trinajstić information content (AvgIpc) is 2.60. The number of sulfonamides is 1. The van der Waals surface area contributed by atoms with Gasteiger partial charge in [-0.2, -0.15) is 0 Å². The van der Waals surface area contributed by atoms with E-state index in [1.165, 1.54) is 6.07 Å². The molecule has 1 aromatic carbocycles. The zero-order valence-corrected chi connectivity index (χ0v) is 15.9. The highest BCUT2D eigenvalue weighted by atomic mass is 32.2. The van der Waals surface area contributed by atoms with Crippen molar-refractivity contribution < 1.29 is 18.3 Å². The van der Waals surface area contributed by atoms with Crippen LogP contribution in [0, 0.1) is 0 Å². The third kappa shape index (κ3) is 3.75. The number of hydrogen-bond acceptors (Lipinski definition) is 5. The Morgan fingerprint density at radius 2 is 1.85 bits per heavy atom. The standard InChI is InChI=1S/C19H19N3O4S/c1-19(2,3)27(25,26)22-16-11-17(18(23)24)21-15-8-7-12(10-13(15)16)14-6-4-5-9-20-14/h4-11H,1-3H3,(H,21,22)(H,23,24). The van der Waals surface area contributed by atoms with Crippen LogP contribution in [0.1, 0.15) is 31.3 Å². The predicted molar refractivity (Wildman–Crippen MR) is 104 cm³/mol. The maximum atomic E-state index is 12.6. The van der Waals surface area contributed by atoms with Gasteiger partial charge < -0.3 is 5.11 Å². The quantitative estimate of drug-likeness (QED) is 0.711. The van der Waals surface area contributed by atoms with E-state index in [1.807, 2.05) is 12.1 Å². The minimum atomic E-state index is -3.75. The second-order valence-corrected chi connectivity index (χ2v) is 9.46. The van der Waals surface area contributed by atoms with E-state index >= 15 is 0 Å². The molecule has 0 aliphatic carbocycles. The topological polar surface area (TPSA) is 109 Å². The first-order chi connectivity index (χ1) is 12.6. The van der Waals surface area contributed by atoms with Crippen molar-refractivity contribution in [3.8, 4) is 11.3 Å². The second kappa shape index (κ2) is 6.62. The van der Waals surface area contributed by atoms with Crippen LogP contribution in [-0.2, 0) is 10.0 Å². The molecule has 0 saturated carbocycles. The molecule has 0 atom stereocenters. The van der Waals surface area contributed by atoms with Gasteiger partial charge in [0.15, 0.2) is 5.69 Å². The summed E-state index contributed by atoms with van der Waals surface area (Å²) >= 11 is 0. The molecule has 0 fully saturated rings. The Labute approximate surface area is 157 Å². The number of nitrogens with zero attached hydrogens (tertiary/aromatic N) is 2. The molecule has 140 valence electrons. The predicted octanol–water partition coefficient (Wildman–Crippen LogP) is 3.54. The Morgan fingerprint density at radius 1 is 1.11 bits per heavy atom. The summed E-state index contributed by atoms with van der Waals surface area (Å²) < 4.78 is 26.7. The van der Waals surface area contributed by atoms with E-state index in [4.69, 9.17) is 0 Å². The number of fused-ring (bicyclic) bond motifs is 1. The Kier molecular flexibility index (Phi) is 4.61. The number of aromatic carboxylic acids is 1. The van der Waals surface area contributed by atoms with Gasteiger partial charge >= 0.3 is 5.97 Å². The molecule has 0 spiro atoms. The third-order valence-corrected chi connectivity index (χ3v) is 6.14. The van der Waals surface area contributed by atoms with E-state index in [2.05, 4.69) is 14.7 Å². The van der Waals surface area contributed by atoms with Crippen LogP contribution in [0.4, 0.5) is 5.69 Å². The molecule has 0 aliphatic heterocycles. The molecule has 0 amide bonds. The smallest absolute Gasteiger partial charge is 0.354 e. The van der Waals surface area contributed by atoms with Gasteiger partial charge in [0, 0.05) is 17.1 Å². The lowest BCUT2D eigenvalue weighted by Gasteiger charge is -2.21. The lowest BCUT2D eigenvalue weighted by atomic mass is 10.1. The molecule has 0 bridgehead atoms. The number of nitrogens with one attached hydrogen (secondary N) is 1. The lowest BCUT2D eigenvalue weighted by Crippen LogP contribution is -2.33. The van der Waals surface area contributed by atoms with Gasteiger partial charge in [-0.3, -0.25) is 9.71 Å². The van der Waals surface area contributed by atoms with Crippen LogP contribution in [0.25, 0.3) is 22.2 Å². The van der Waals surface area contributed by atoms with Crippen LogP contribution in [0.3, 0.4) is 0 Å². The van der Waals surface area contributed by atoms with Gasteiger partial charge in [0.05, 0.1) is 21.6 Å². The van der Waals surface area contributed by atoms with Crippen LogP contribution < -0.4 is 4.72 Å². The summed E-state index contributed by atoms with van der Waals surface area (Å²) in [4.78, 5) is 19.8. The molecule has 2 heterocycles. The highest BCUT2D eigenvalue weighted by molar-refractivity contribution is 7.94. The van der Waals surface area contributed by atoms with Crippen molar-refractivity contribution in [1.29, 1.82) is 0 Å². The molecule has 0 aliphatic rings. The molecule has 27 heavy (non-hydrogen) atoms. The molecular weight excluding hydrogens is 366 g/mol. The summed E-state index contributed by atoms with van der Waals surface area (Å²) in [5, 5.41) is 9.81. The fourth-order valence-corrected chi connectivity index (χ4v) is 3.18. The fraction of sp³-hybridized carbons (Fsp3) is 0.211. The normalized spacial score (nSPS) is 12.1. The Bertz CT molecular complexity index is 1120. The molecule has 8 heteroatoms. The highest BCUT2D eigenvalue weighted by Crippen LogP contribution is 2.30. The Hall–Kier alpha value is -3.00. The first kappa shape index (κ1) is 18.8. The zero-order valence-electron chi connectivity index (χ0n) is 15.1. The van der Waals surface area contributed by atoms with E-state index in [-0.39, 0.29) is 11.4 Å². The minimum Gasteiger partial charge on any atom is -0.477 e. The van der Waals surface area contributed by atoms with Gasteiger partial charge in [0.2, 0.25) is 10.0 Å². The third-order valence-electron chi connectivity index (χ3n) is 4.04. The molecular formula is C19H19N3O4S. The molecule has 0 unspecified atom stereocenters. The first-order valence-corrected chi connectivity index (χ1v) is 9.69. The van der Waals surface area contributed by atoms with Crippen LogP contribution in [0.5, 0.6) is 0 Å². The number of carboxylic acids is 1. The first-order valence-electron chi connectivity index (χ1n) is 8.20. The van der Waals surface area contributed by atoms with Crippen LogP contribution in [0.2, 0.25) is 0 Å². The van der Waals surface area contributed by atoms with Crippen molar-refractivity contribution in [3.63, 3.8) is 0 Å². The van der Waals surface area contributed by atoms with Crippen molar-refractivity contribution in [2.45, 2.75) is 25.5 Å². The van der Waals surface area contributed by atoms with Crippen molar-refractivity contribution >= 4 is 32.6 Å². The van der Waals surface area contributed by atoms with E-state index in [0.717, 1.165) is 5.56 Å². The molecule has 7 nitrogen and oxygen atoms in total. The maximum absolute atomic E-state index is 12.6. The summed E-state index contributed by atoms with van der Waals surface area (Å²) in [6.07, 6.45) is 1.66. The molecule has 2 N–H and O–H groups in total. The van der Waals surface area contributed by atoms with Crippen molar-refractivity contribution in [3.05, 3.63) is 54.4 Å². The minimum absolute atomic E-state index is 0.171. The summed E-state index contributed by atoms with van der Waals surface area (Å²) in [6, 6.07) is 11.9. The van der Waals surface area contributed by atoms with Gasteiger partial charge in [-0.1, -0.05) is 12.1 Å². The summed E-state index contributed by atoms with van der Waals surface area (Å²) in [5.74, 6) is -1.23. The summed E-state index contributed by atoms with van der Waals surface area (Å²) in [6.45, 7) is 4.70. The lowest BCUT2D eigenvalue weighted by molar-refractivity contribution is 0.0691. The number of rotatable bonds is 4. The number of carbonyl (C=O) groups is 1. The fourth-order valence-electron chi connectivity index (χ4n) is 2.41. The van der Waals surface area contributed by atoms with Crippen LogP contribution >= 0.6 is 0 Å². The van der Waals surface area contributed by atoms with Crippen molar-refractivity contribution in [1.82, 2.24) is 9.97 Å². The average molecular weight is 385 g/mol. The van der Waals surface area contributed by atoms with Gasteiger partial charge in [-0.05, 0) is 51.1 Å². The Morgan fingerprint density at radius 3 is 2.44 bits per heavy atom. The molecule has 0 radical (unpaired) electrons. The van der Waals surface area contributed by atoms with Crippen molar-refractivity contribution in [2.75, 3.05) is 4.72 Å². The number of pyridine rings is 2. The summed E-state index contributed by atoms with van der Waals surface area (Å²) in [7, 11) is -3.75. The van der Waals surface area contributed by atoms with E-state index in [1.54, 1.807) is 51.2 Å². The maximum Gasteiger partial charge on any atom is 0.354 e. The zero-order chi connectivity index (χ0) is 19.8. The monoisotopic (exact) mass is 385 g/mol. The van der Waals surface area contributed by atoms with E-state index in [0.29, 0.717) is 16.6 Å². The number of hydrogen-bond donors (Lipinski definition) is 2. The highest BCUT2D eigenvalue weighted by Gasteiger charge is 2.30. The Balaban J connectivity index is 2.23. The molecule has 0 saturated heterocycles. The molecule has 2 aromatic heterocycles. The van der Waals surface area contributed by atoms with E-state index in [9.17, 15) is 18.3 Å².